The molecule has 0 radical (unpaired) electrons. The number of hydrogen-bond donors (Lipinski definition) is 0. The number of carbonyl (C=O) groups excluding carboxylic acids is 1. The molecule has 0 amide bonds. The van der Waals surface area contributed by atoms with E-state index in [1.165, 1.54) is 0 Å². The molecule has 0 spiro atoms. The van der Waals surface area contributed by atoms with Crippen molar-refractivity contribution in [2.75, 3.05) is 0 Å². The van der Waals surface area contributed by atoms with Crippen LogP contribution in [-0.2, 0) is 0 Å². The van der Waals surface area contributed by atoms with Gasteiger partial charge in [-0.3, -0.25) is 9.78 Å². The van der Waals surface area contributed by atoms with E-state index in [0.717, 1.165) is 12.4 Å². The highest BCUT2D eigenvalue weighted by atomic mass is 35.5. The lowest BCUT2D eigenvalue weighted by Gasteiger charge is -2.03. The number of alkyl halides is 2. The second-order valence-corrected chi connectivity index (χ2v) is 2.45. The Bertz CT molecular complexity index is 303. The Morgan fingerprint density at radius 2 is 2.17 bits per heavy atom. The average Bonchev–Trinajstić information content (AvgIpc) is 2.03. The summed E-state index contributed by atoms with van der Waals surface area (Å²) < 4.78 is 24.4. The third-order valence-corrected chi connectivity index (χ3v) is 1.62. The molecule has 0 N–H and O–H groups in total. The monoisotopic (exact) mass is 191 g/mol. The third kappa shape index (κ3) is 1.58. The second kappa shape index (κ2) is 3.58. The normalized spacial score (nSPS) is 10.3. The Hall–Kier alpha value is -1.03. The third-order valence-electron chi connectivity index (χ3n) is 1.31. The van der Waals surface area contributed by atoms with Crippen LogP contribution in [0.3, 0.4) is 0 Å². The zero-order valence-corrected chi connectivity index (χ0v) is 6.55. The lowest BCUT2D eigenvalue weighted by Crippen LogP contribution is -1.95. The highest BCUT2D eigenvalue weighted by Crippen LogP contribution is 2.28. The van der Waals surface area contributed by atoms with E-state index in [1.54, 1.807) is 0 Å². The molecule has 0 bridgehead atoms. The van der Waals surface area contributed by atoms with E-state index in [2.05, 4.69) is 4.98 Å². The van der Waals surface area contributed by atoms with E-state index in [9.17, 15) is 13.6 Å². The Labute approximate surface area is 72.2 Å². The Morgan fingerprint density at radius 1 is 1.50 bits per heavy atom. The van der Waals surface area contributed by atoms with E-state index in [0.29, 0.717) is 6.29 Å². The summed E-state index contributed by atoms with van der Waals surface area (Å²) in [6.07, 6.45) is -0.308. The van der Waals surface area contributed by atoms with Crippen molar-refractivity contribution in [2.24, 2.45) is 0 Å². The SMILES string of the molecule is O=Cc1cncc(Cl)c1C(F)F. The molecule has 0 saturated heterocycles. The van der Waals surface area contributed by atoms with Crippen LogP contribution in [0.4, 0.5) is 8.78 Å². The van der Waals surface area contributed by atoms with E-state index < -0.39 is 12.0 Å². The van der Waals surface area contributed by atoms with E-state index >= 15 is 0 Å². The van der Waals surface area contributed by atoms with Gasteiger partial charge in [0.25, 0.3) is 6.43 Å². The highest BCUT2D eigenvalue weighted by molar-refractivity contribution is 6.31. The maximum Gasteiger partial charge on any atom is 0.266 e. The van der Waals surface area contributed by atoms with Gasteiger partial charge in [-0.1, -0.05) is 11.6 Å². The molecule has 0 saturated carbocycles. The topological polar surface area (TPSA) is 30.0 Å². The largest absolute Gasteiger partial charge is 0.298 e. The van der Waals surface area contributed by atoms with Crippen molar-refractivity contribution in [2.45, 2.75) is 6.43 Å². The van der Waals surface area contributed by atoms with Crippen molar-refractivity contribution < 1.29 is 13.6 Å². The zero-order valence-electron chi connectivity index (χ0n) is 5.80. The molecule has 12 heavy (non-hydrogen) atoms. The van der Waals surface area contributed by atoms with E-state index in [1.807, 2.05) is 0 Å². The number of nitrogens with zero attached hydrogens (tertiary/aromatic N) is 1. The summed E-state index contributed by atoms with van der Waals surface area (Å²) in [7, 11) is 0. The average molecular weight is 192 g/mol. The van der Waals surface area contributed by atoms with Crippen LogP contribution in [0.2, 0.25) is 5.02 Å². The standard InChI is InChI=1S/C7H4ClF2NO/c8-5-2-11-1-4(3-12)6(5)7(9)10/h1-3,7H. The zero-order chi connectivity index (χ0) is 9.14. The smallest absolute Gasteiger partial charge is 0.266 e. The summed E-state index contributed by atoms with van der Waals surface area (Å²) in [4.78, 5) is 13.8. The quantitative estimate of drug-likeness (QED) is 0.673. The van der Waals surface area contributed by atoms with Crippen molar-refractivity contribution in [1.82, 2.24) is 4.98 Å². The fourth-order valence-corrected chi connectivity index (χ4v) is 1.03. The molecule has 2 nitrogen and oxygen atoms in total. The predicted molar refractivity (Wildman–Crippen MR) is 39.6 cm³/mol. The number of pyridine rings is 1. The first-order valence-electron chi connectivity index (χ1n) is 3.03. The number of rotatable bonds is 2. The van der Waals surface area contributed by atoms with Gasteiger partial charge in [0.15, 0.2) is 6.29 Å². The van der Waals surface area contributed by atoms with Crippen LogP contribution in [0.15, 0.2) is 12.4 Å². The van der Waals surface area contributed by atoms with Crippen LogP contribution in [0.5, 0.6) is 0 Å². The lowest BCUT2D eigenvalue weighted by atomic mass is 10.1. The summed E-state index contributed by atoms with van der Waals surface area (Å²) in [5, 5.41) is -0.186. The number of carbonyl (C=O) groups is 1. The Balaban J connectivity index is 3.29. The summed E-state index contributed by atoms with van der Waals surface area (Å²) in [6.45, 7) is 0. The minimum atomic E-state index is -2.75. The molecule has 0 atom stereocenters. The van der Waals surface area contributed by atoms with Gasteiger partial charge in [-0.2, -0.15) is 0 Å². The van der Waals surface area contributed by atoms with Crippen LogP contribution < -0.4 is 0 Å². The van der Waals surface area contributed by atoms with Gasteiger partial charge in [0, 0.05) is 23.5 Å². The van der Waals surface area contributed by atoms with Crippen LogP contribution in [-0.4, -0.2) is 11.3 Å². The van der Waals surface area contributed by atoms with Gasteiger partial charge in [-0.05, 0) is 0 Å². The summed E-state index contributed by atoms with van der Waals surface area (Å²) in [5.74, 6) is 0. The number of aldehydes is 1. The molecule has 0 aliphatic rings. The Kier molecular flexibility index (Phi) is 2.70. The fourth-order valence-electron chi connectivity index (χ4n) is 0.784. The molecule has 1 aromatic rings. The molecule has 0 aliphatic heterocycles. The molecular weight excluding hydrogens is 188 g/mol. The molecule has 5 heteroatoms. The predicted octanol–water partition coefficient (Wildman–Crippen LogP) is 2.49. The van der Waals surface area contributed by atoms with Gasteiger partial charge in [0.05, 0.1) is 5.02 Å². The van der Waals surface area contributed by atoms with Crippen LogP contribution in [0.25, 0.3) is 0 Å². The molecule has 0 aliphatic carbocycles. The van der Waals surface area contributed by atoms with Crippen LogP contribution in [0.1, 0.15) is 22.3 Å². The van der Waals surface area contributed by atoms with Crippen molar-refractivity contribution >= 4 is 17.9 Å². The second-order valence-electron chi connectivity index (χ2n) is 2.04. The summed E-state index contributed by atoms with van der Waals surface area (Å²) >= 11 is 5.40. The van der Waals surface area contributed by atoms with Crippen molar-refractivity contribution in [3.63, 3.8) is 0 Å². The molecule has 0 unspecified atom stereocenters. The van der Waals surface area contributed by atoms with Crippen molar-refractivity contribution in [3.05, 3.63) is 28.5 Å². The summed E-state index contributed by atoms with van der Waals surface area (Å²) in [6, 6.07) is 0. The first-order valence-corrected chi connectivity index (χ1v) is 3.41. The summed E-state index contributed by atoms with van der Waals surface area (Å²) in [5.41, 5.74) is -0.626. The van der Waals surface area contributed by atoms with E-state index in [4.69, 9.17) is 11.6 Å². The molecular formula is C7H4ClF2NO. The first-order chi connectivity index (χ1) is 5.66. The first kappa shape index (κ1) is 9.06. The van der Waals surface area contributed by atoms with Crippen LogP contribution >= 0.6 is 11.6 Å². The maximum atomic E-state index is 12.2. The van der Waals surface area contributed by atoms with E-state index in [-0.39, 0.29) is 10.6 Å². The number of halogens is 3. The Morgan fingerprint density at radius 3 is 2.58 bits per heavy atom. The van der Waals surface area contributed by atoms with Gasteiger partial charge >= 0.3 is 0 Å². The van der Waals surface area contributed by atoms with Gasteiger partial charge in [0.1, 0.15) is 0 Å². The molecule has 64 valence electrons. The van der Waals surface area contributed by atoms with Gasteiger partial charge < -0.3 is 0 Å². The minimum Gasteiger partial charge on any atom is -0.298 e. The van der Waals surface area contributed by atoms with Gasteiger partial charge in [0.2, 0.25) is 0 Å². The minimum absolute atomic E-state index is 0.169. The van der Waals surface area contributed by atoms with Gasteiger partial charge in [-0.25, -0.2) is 8.78 Å². The lowest BCUT2D eigenvalue weighted by molar-refractivity contribution is 0.110. The molecule has 1 heterocycles. The molecule has 0 aromatic carbocycles. The molecule has 1 aromatic heterocycles. The van der Waals surface area contributed by atoms with Crippen LogP contribution in [0, 0.1) is 0 Å². The number of hydrogen-bond acceptors (Lipinski definition) is 2. The molecule has 0 fully saturated rings. The number of aromatic nitrogens is 1. The van der Waals surface area contributed by atoms with Crippen molar-refractivity contribution in [3.8, 4) is 0 Å². The van der Waals surface area contributed by atoms with Crippen molar-refractivity contribution in [1.29, 1.82) is 0 Å². The maximum absolute atomic E-state index is 12.2. The van der Waals surface area contributed by atoms with Gasteiger partial charge in [-0.15, -0.1) is 0 Å². The molecule has 1 rings (SSSR count). The highest BCUT2D eigenvalue weighted by Gasteiger charge is 2.16. The fraction of sp³-hybridized carbons (Fsp3) is 0.143.